The van der Waals surface area contributed by atoms with Gasteiger partial charge in [0, 0.05) is 22.8 Å². The smallest absolute Gasteiger partial charge is 0.319 e. The zero-order valence-electron chi connectivity index (χ0n) is 14.3. The van der Waals surface area contributed by atoms with E-state index >= 15 is 0 Å². The number of aromatic nitrogens is 1. The third-order valence-corrected chi connectivity index (χ3v) is 5.72. The fourth-order valence-electron chi connectivity index (χ4n) is 2.79. The fourth-order valence-corrected chi connectivity index (χ4v) is 4.19. The molecule has 0 spiro atoms. The molecule has 0 saturated carbocycles. The molecule has 0 aliphatic rings. The van der Waals surface area contributed by atoms with Crippen LogP contribution in [0.4, 0.5) is 10.5 Å². The summed E-state index contributed by atoms with van der Waals surface area (Å²) in [7, 11) is 0. The highest BCUT2D eigenvalue weighted by atomic mass is 35.5. The van der Waals surface area contributed by atoms with Crippen LogP contribution >= 0.6 is 22.9 Å². The number of nitrogens with zero attached hydrogens (tertiary/aromatic N) is 1. The lowest BCUT2D eigenvalue weighted by Crippen LogP contribution is -2.31. The maximum absolute atomic E-state index is 12.4. The molecular weight excluding hydrogens is 354 g/mol. The predicted molar refractivity (Wildman–Crippen MR) is 105 cm³/mol. The number of aryl methyl sites for hydroxylation is 1. The topological polar surface area (TPSA) is 46.1 Å². The molecule has 2 aromatic heterocycles. The first-order valence-electron chi connectivity index (χ1n) is 8.02. The Morgan fingerprint density at radius 1 is 1.16 bits per heavy atom. The molecule has 2 heterocycles. The second-order valence-electron chi connectivity index (χ2n) is 5.89. The number of carbonyl (C=O) groups excluding carboxylic acids is 1. The largest absolute Gasteiger partial charge is 0.331 e. The SMILES string of the molecule is Cc1sc(-n2cccc2)c([C@@H](C)NC(=O)Nc2ccccc2Cl)c1C. The molecule has 3 aromatic rings. The normalized spacial score (nSPS) is 12.0. The number of benzene rings is 1. The molecule has 6 heteroatoms. The first kappa shape index (κ1) is 17.6. The molecule has 25 heavy (non-hydrogen) atoms. The molecule has 0 saturated heterocycles. The van der Waals surface area contributed by atoms with Gasteiger partial charge in [0.1, 0.15) is 5.00 Å². The number of amides is 2. The molecule has 2 amide bonds. The third-order valence-electron chi connectivity index (χ3n) is 4.15. The number of rotatable bonds is 4. The molecule has 0 aliphatic heterocycles. The lowest BCUT2D eigenvalue weighted by Gasteiger charge is -2.18. The Morgan fingerprint density at radius 2 is 1.84 bits per heavy atom. The second kappa shape index (κ2) is 7.33. The first-order valence-corrected chi connectivity index (χ1v) is 9.22. The van der Waals surface area contributed by atoms with Crippen molar-refractivity contribution in [1.82, 2.24) is 9.88 Å². The van der Waals surface area contributed by atoms with Crippen molar-refractivity contribution in [1.29, 1.82) is 0 Å². The minimum absolute atomic E-state index is 0.134. The van der Waals surface area contributed by atoms with Crippen molar-refractivity contribution < 1.29 is 4.79 Å². The predicted octanol–water partition coefficient (Wildman–Crippen LogP) is 5.69. The molecular formula is C19H20ClN3OS. The van der Waals surface area contributed by atoms with E-state index in [0.717, 1.165) is 10.6 Å². The number of hydrogen-bond donors (Lipinski definition) is 2. The van der Waals surface area contributed by atoms with Gasteiger partial charge in [-0.3, -0.25) is 0 Å². The summed E-state index contributed by atoms with van der Waals surface area (Å²) in [5.74, 6) is 0. The Labute approximate surface area is 156 Å². The molecule has 3 rings (SSSR count). The van der Waals surface area contributed by atoms with Gasteiger partial charge in [-0.15, -0.1) is 11.3 Å². The van der Waals surface area contributed by atoms with Crippen molar-refractivity contribution in [3.63, 3.8) is 0 Å². The maximum Gasteiger partial charge on any atom is 0.319 e. The molecule has 130 valence electrons. The van der Waals surface area contributed by atoms with Crippen LogP contribution < -0.4 is 10.6 Å². The van der Waals surface area contributed by atoms with E-state index in [1.165, 1.54) is 10.4 Å². The summed E-state index contributed by atoms with van der Waals surface area (Å²) in [6, 6.07) is 10.8. The van der Waals surface area contributed by atoms with Gasteiger partial charge in [-0.25, -0.2) is 4.79 Å². The average molecular weight is 374 g/mol. The van der Waals surface area contributed by atoms with Crippen LogP contribution in [0, 0.1) is 13.8 Å². The van der Waals surface area contributed by atoms with Crippen LogP contribution in [0.1, 0.15) is 29.0 Å². The Hall–Kier alpha value is -2.24. The van der Waals surface area contributed by atoms with Crippen LogP contribution in [-0.2, 0) is 0 Å². The van der Waals surface area contributed by atoms with Gasteiger partial charge in [0.05, 0.1) is 16.8 Å². The zero-order valence-corrected chi connectivity index (χ0v) is 15.9. The van der Waals surface area contributed by atoms with E-state index in [9.17, 15) is 4.79 Å². The van der Waals surface area contributed by atoms with Crippen molar-refractivity contribution in [2.45, 2.75) is 26.8 Å². The molecule has 1 atom stereocenters. The molecule has 0 aliphatic carbocycles. The monoisotopic (exact) mass is 373 g/mol. The number of para-hydroxylation sites is 1. The lowest BCUT2D eigenvalue weighted by molar-refractivity contribution is 0.249. The van der Waals surface area contributed by atoms with Crippen molar-refractivity contribution in [3.05, 3.63) is 69.8 Å². The molecule has 0 fully saturated rings. The minimum Gasteiger partial charge on any atom is -0.331 e. The first-order chi connectivity index (χ1) is 12.0. The summed E-state index contributed by atoms with van der Waals surface area (Å²) in [6.45, 7) is 6.19. The quantitative estimate of drug-likeness (QED) is 0.606. The number of nitrogens with one attached hydrogen (secondary N) is 2. The van der Waals surface area contributed by atoms with Crippen molar-refractivity contribution in [2.24, 2.45) is 0 Å². The third kappa shape index (κ3) is 3.72. The second-order valence-corrected chi connectivity index (χ2v) is 7.50. The molecule has 0 bridgehead atoms. The molecule has 0 radical (unpaired) electrons. The van der Waals surface area contributed by atoms with Crippen LogP contribution in [-0.4, -0.2) is 10.6 Å². The summed E-state index contributed by atoms with van der Waals surface area (Å²) in [5, 5.41) is 7.46. The van der Waals surface area contributed by atoms with Gasteiger partial charge in [0.25, 0.3) is 0 Å². The lowest BCUT2D eigenvalue weighted by atomic mass is 10.1. The van der Waals surface area contributed by atoms with E-state index in [4.69, 9.17) is 11.6 Å². The number of halogens is 1. The Kier molecular flexibility index (Phi) is 5.16. The van der Waals surface area contributed by atoms with E-state index < -0.39 is 0 Å². The van der Waals surface area contributed by atoms with E-state index in [0.29, 0.717) is 10.7 Å². The van der Waals surface area contributed by atoms with E-state index in [1.54, 1.807) is 23.5 Å². The summed E-state index contributed by atoms with van der Waals surface area (Å²) >= 11 is 7.83. The molecule has 2 N–H and O–H groups in total. The van der Waals surface area contributed by atoms with Crippen LogP contribution in [0.25, 0.3) is 5.00 Å². The highest BCUT2D eigenvalue weighted by molar-refractivity contribution is 7.14. The Bertz CT molecular complexity index is 886. The number of thiophene rings is 1. The number of anilines is 1. The summed E-state index contributed by atoms with van der Waals surface area (Å²) in [5.41, 5.74) is 2.94. The number of carbonyl (C=O) groups is 1. The Balaban J connectivity index is 1.81. The van der Waals surface area contributed by atoms with Crippen molar-refractivity contribution in [2.75, 3.05) is 5.32 Å². The number of urea groups is 1. The number of hydrogen-bond acceptors (Lipinski definition) is 2. The van der Waals surface area contributed by atoms with Gasteiger partial charge < -0.3 is 15.2 Å². The fraction of sp³-hybridized carbons (Fsp3) is 0.211. The van der Waals surface area contributed by atoms with Gasteiger partial charge in [-0.1, -0.05) is 23.7 Å². The van der Waals surface area contributed by atoms with Crippen LogP contribution in [0.5, 0.6) is 0 Å². The van der Waals surface area contributed by atoms with Crippen LogP contribution in [0.15, 0.2) is 48.8 Å². The highest BCUT2D eigenvalue weighted by Crippen LogP contribution is 2.35. The maximum atomic E-state index is 12.4. The summed E-state index contributed by atoms with van der Waals surface area (Å²) in [4.78, 5) is 13.6. The average Bonchev–Trinajstić information content (AvgIpc) is 3.18. The zero-order chi connectivity index (χ0) is 18.0. The van der Waals surface area contributed by atoms with Crippen LogP contribution in [0.2, 0.25) is 5.02 Å². The van der Waals surface area contributed by atoms with Crippen LogP contribution in [0.3, 0.4) is 0 Å². The molecule has 4 nitrogen and oxygen atoms in total. The Morgan fingerprint density at radius 3 is 2.52 bits per heavy atom. The summed E-state index contributed by atoms with van der Waals surface area (Å²) in [6.07, 6.45) is 4.04. The van der Waals surface area contributed by atoms with Gasteiger partial charge >= 0.3 is 6.03 Å². The van der Waals surface area contributed by atoms with E-state index in [2.05, 4.69) is 29.0 Å². The van der Waals surface area contributed by atoms with E-state index in [1.807, 2.05) is 43.6 Å². The summed E-state index contributed by atoms with van der Waals surface area (Å²) < 4.78 is 2.09. The standard InChI is InChI=1S/C19H20ClN3OS/c1-12-14(3)25-18(23-10-6-7-11-23)17(12)13(2)21-19(24)22-16-9-5-4-8-15(16)20/h4-11,13H,1-3H3,(H2,21,22,24)/t13-/m1/s1. The van der Waals surface area contributed by atoms with Crippen molar-refractivity contribution >= 4 is 34.7 Å². The minimum atomic E-state index is -0.276. The van der Waals surface area contributed by atoms with Crippen molar-refractivity contribution in [3.8, 4) is 5.00 Å². The van der Waals surface area contributed by atoms with Gasteiger partial charge in [-0.05, 0) is 50.6 Å². The van der Waals surface area contributed by atoms with Gasteiger partial charge in [0.2, 0.25) is 0 Å². The van der Waals surface area contributed by atoms with Gasteiger partial charge in [-0.2, -0.15) is 0 Å². The molecule has 1 aromatic carbocycles. The van der Waals surface area contributed by atoms with E-state index in [-0.39, 0.29) is 12.1 Å². The molecule has 0 unspecified atom stereocenters. The highest BCUT2D eigenvalue weighted by Gasteiger charge is 2.21. The van der Waals surface area contributed by atoms with Gasteiger partial charge in [0.15, 0.2) is 0 Å².